The second-order valence-corrected chi connectivity index (χ2v) is 1.84. The van der Waals surface area contributed by atoms with Crippen molar-refractivity contribution < 1.29 is 4.79 Å². The van der Waals surface area contributed by atoms with Crippen LogP contribution in [0.5, 0.6) is 0 Å². The zero-order valence-electron chi connectivity index (χ0n) is 5.90. The van der Waals surface area contributed by atoms with E-state index in [9.17, 15) is 4.79 Å². The topological polar surface area (TPSA) is 22.0 Å². The van der Waals surface area contributed by atoms with E-state index in [1.165, 1.54) is 12.2 Å². The molecule has 0 amide bonds. The van der Waals surface area contributed by atoms with Crippen LogP contribution in [0.15, 0.2) is 36.7 Å². The summed E-state index contributed by atoms with van der Waals surface area (Å²) in [4.78, 5) is 9.80. The standard InChI is InChI=1S/C9H7NO/c11-9-5-1-2-6-10-7-3-4-8-10/h1,3-5,7-9H/b5-1+. The minimum Gasteiger partial charge on any atom is -0.299 e. The van der Waals surface area contributed by atoms with Gasteiger partial charge in [-0.1, -0.05) is 5.92 Å². The van der Waals surface area contributed by atoms with Crippen LogP contribution in [0.2, 0.25) is 0 Å². The van der Waals surface area contributed by atoms with Crippen molar-refractivity contribution in [3.63, 3.8) is 0 Å². The van der Waals surface area contributed by atoms with E-state index >= 15 is 0 Å². The summed E-state index contributed by atoms with van der Waals surface area (Å²) in [5.41, 5.74) is 0. The van der Waals surface area contributed by atoms with E-state index in [4.69, 9.17) is 0 Å². The summed E-state index contributed by atoms with van der Waals surface area (Å²) in [6.45, 7) is 0. The van der Waals surface area contributed by atoms with E-state index < -0.39 is 0 Å². The maximum Gasteiger partial charge on any atom is 0.143 e. The van der Waals surface area contributed by atoms with Crippen LogP contribution in [-0.2, 0) is 4.79 Å². The molecule has 0 aliphatic carbocycles. The molecule has 11 heavy (non-hydrogen) atoms. The quantitative estimate of drug-likeness (QED) is 0.329. The molecular formula is C9H7NO. The molecule has 0 fully saturated rings. The van der Waals surface area contributed by atoms with Crippen LogP contribution in [0.4, 0.5) is 0 Å². The van der Waals surface area contributed by atoms with Crippen LogP contribution in [0.1, 0.15) is 0 Å². The molecule has 0 aliphatic rings. The van der Waals surface area contributed by atoms with Crippen molar-refractivity contribution in [2.75, 3.05) is 0 Å². The number of hydrogen-bond donors (Lipinski definition) is 0. The van der Waals surface area contributed by atoms with Crippen molar-refractivity contribution in [1.82, 2.24) is 4.57 Å². The van der Waals surface area contributed by atoms with Crippen molar-refractivity contribution in [3.05, 3.63) is 36.7 Å². The second kappa shape index (κ2) is 4.13. The first-order valence-corrected chi connectivity index (χ1v) is 3.18. The van der Waals surface area contributed by atoms with Crippen molar-refractivity contribution in [3.8, 4) is 12.0 Å². The molecule has 0 unspecified atom stereocenters. The molecule has 54 valence electrons. The Kier molecular flexibility index (Phi) is 2.76. The summed E-state index contributed by atoms with van der Waals surface area (Å²) < 4.78 is 1.72. The lowest BCUT2D eigenvalue weighted by Gasteiger charge is -1.80. The fraction of sp³-hybridized carbons (Fsp3) is 0. The minimum absolute atomic E-state index is 0.699. The summed E-state index contributed by atoms with van der Waals surface area (Å²) in [5.74, 6) is 2.69. The first-order valence-electron chi connectivity index (χ1n) is 3.18. The lowest BCUT2D eigenvalue weighted by Crippen LogP contribution is -1.78. The number of aromatic nitrogens is 1. The van der Waals surface area contributed by atoms with Gasteiger partial charge in [0.25, 0.3) is 0 Å². The van der Waals surface area contributed by atoms with Gasteiger partial charge in [0, 0.05) is 18.4 Å². The number of carbonyl (C=O) groups is 1. The van der Waals surface area contributed by atoms with E-state index in [2.05, 4.69) is 12.0 Å². The van der Waals surface area contributed by atoms with E-state index in [0.29, 0.717) is 6.29 Å². The Bertz CT molecular complexity index is 298. The van der Waals surface area contributed by atoms with Gasteiger partial charge in [0.1, 0.15) is 6.29 Å². The normalized spacial score (nSPS) is 9.09. The minimum atomic E-state index is 0.699. The Labute approximate surface area is 65.1 Å². The molecule has 0 saturated heterocycles. The molecule has 0 aromatic carbocycles. The molecule has 0 spiro atoms. The molecule has 2 nitrogen and oxygen atoms in total. The molecule has 1 rings (SSSR count). The lowest BCUT2D eigenvalue weighted by molar-refractivity contribution is -0.104. The molecule has 1 aromatic heterocycles. The van der Waals surface area contributed by atoms with Gasteiger partial charge >= 0.3 is 0 Å². The molecule has 2 heteroatoms. The van der Waals surface area contributed by atoms with Gasteiger partial charge in [-0.2, -0.15) is 0 Å². The number of allylic oxidation sites excluding steroid dienone is 2. The van der Waals surface area contributed by atoms with Gasteiger partial charge in [-0.25, -0.2) is 0 Å². The fourth-order valence-electron chi connectivity index (χ4n) is 0.608. The molecule has 0 N–H and O–H groups in total. The summed E-state index contributed by atoms with van der Waals surface area (Å²) in [6, 6.07) is 6.55. The molecule has 0 saturated carbocycles. The van der Waals surface area contributed by atoms with Crippen molar-refractivity contribution in [2.24, 2.45) is 0 Å². The van der Waals surface area contributed by atoms with Crippen LogP contribution in [0.3, 0.4) is 0 Å². The molecule has 0 atom stereocenters. The monoisotopic (exact) mass is 145 g/mol. The molecule has 1 heterocycles. The highest BCUT2D eigenvalue weighted by molar-refractivity contribution is 5.65. The van der Waals surface area contributed by atoms with Gasteiger partial charge in [0.15, 0.2) is 0 Å². The van der Waals surface area contributed by atoms with E-state index in [-0.39, 0.29) is 0 Å². The van der Waals surface area contributed by atoms with Crippen LogP contribution >= 0.6 is 0 Å². The molecule has 0 aliphatic heterocycles. The Morgan fingerprint density at radius 3 is 2.64 bits per heavy atom. The van der Waals surface area contributed by atoms with Crippen LogP contribution < -0.4 is 0 Å². The Balaban J connectivity index is 2.58. The van der Waals surface area contributed by atoms with Gasteiger partial charge in [0.05, 0.1) is 0 Å². The third-order valence-corrected chi connectivity index (χ3v) is 1.06. The third-order valence-electron chi connectivity index (χ3n) is 1.06. The summed E-state index contributed by atoms with van der Waals surface area (Å²) >= 11 is 0. The van der Waals surface area contributed by atoms with E-state index in [0.717, 1.165) is 0 Å². The van der Waals surface area contributed by atoms with Gasteiger partial charge < -0.3 is 0 Å². The van der Waals surface area contributed by atoms with Gasteiger partial charge in [0.2, 0.25) is 0 Å². The van der Waals surface area contributed by atoms with Gasteiger partial charge in [-0.05, 0) is 24.3 Å². The van der Waals surface area contributed by atoms with Crippen LogP contribution in [-0.4, -0.2) is 10.9 Å². The number of carbonyl (C=O) groups excluding carboxylic acids is 1. The van der Waals surface area contributed by atoms with Gasteiger partial charge in [-0.3, -0.25) is 9.36 Å². The number of hydrogen-bond acceptors (Lipinski definition) is 1. The van der Waals surface area contributed by atoms with Crippen LogP contribution in [0.25, 0.3) is 0 Å². The maximum atomic E-state index is 9.80. The zero-order chi connectivity index (χ0) is 7.94. The third kappa shape index (κ3) is 2.55. The highest BCUT2D eigenvalue weighted by atomic mass is 16.1. The zero-order valence-corrected chi connectivity index (χ0v) is 5.90. The highest BCUT2D eigenvalue weighted by Gasteiger charge is 1.74. The number of rotatable bonds is 1. The molecule has 1 aromatic rings. The maximum absolute atomic E-state index is 9.80. The van der Waals surface area contributed by atoms with E-state index in [1.54, 1.807) is 4.57 Å². The van der Waals surface area contributed by atoms with E-state index in [1.807, 2.05) is 24.5 Å². The van der Waals surface area contributed by atoms with Crippen LogP contribution in [0, 0.1) is 12.0 Å². The average molecular weight is 145 g/mol. The number of aldehydes is 1. The van der Waals surface area contributed by atoms with Crippen molar-refractivity contribution in [2.45, 2.75) is 0 Å². The lowest BCUT2D eigenvalue weighted by atomic mass is 10.5. The highest BCUT2D eigenvalue weighted by Crippen LogP contribution is 1.84. The fourth-order valence-corrected chi connectivity index (χ4v) is 0.608. The Morgan fingerprint density at radius 2 is 2.00 bits per heavy atom. The summed E-state index contributed by atoms with van der Waals surface area (Å²) in [7, 11) is 0. The first-order chi connectivity index (χ1) is 5.43. The average Bonchev–Trinajstić information content (AvgIpc) is 2.50. The van der Waals surface area contributed by atoms with Crippen molar-refractivity contribution in [1.29, 1.82) is 0 Å². The Hall–Kier alpha value is -1.75. The number of nitrogens with zero attached hydrogens (tertiary/aromatic N) is 1. The summed E-state index contributed by atoms with van der Waals surface area (Å²) in [6.07, 6.45) is 7.23. The summed E-state index contributed by atoms with van der Waals surface area (Å²) in [5, 5.41) is 0. The molecular weight excluding hydrogens is 138 g/mol. The van der Waals surface area contributed by atoms with Crippen molar-refractivity contribution >= 4 is 6.29 Å². The predicted octanol–water partition coefficient (Wildman–Crippen LogP) is 1.05. The second-order valence-electron chi connectivity index (χ2n) is 1.84. The smallest absolute Gasteiger partial charge is 0.143 e. The first kappa shape index (κ1) is 7.36. The molecule has 0 bridgehead atoms. The largest absolute Gasteiger partial charge is 0.299 e. The Morgan fingerprint density at radius 1 is 1.27 bits per heavy atom. The molecule has 0 radical (unpaired) electrons. The predicted molar refractivity (Wildman–Crippen MR) is 42.8 cm³/mol. The SMILES string of the molecule is O=C/C=C/C#Cn1cccc1. The van der Waals surface area contributed by atoms with Gasteiger partial charge in [-0.15, -0.1) is 0 Å².